The summed E-state index contributed by atoms with van der Waals surface area (Å²) in [6.45, 7) is 5.52. The third-order valence-electron chi connectivity index (χ3n) is 1.65. The molecule has 2 heteroatoms. The molecule has 1 nitrogen and oxygen atoms in total. The summed E-state index contributed by atoms with van der Waals surface area (Å²) in [5.74, 6) is 4.58. The minimum atomic E-state index is 0.654. The van der Waals surface area contributed by atoms with Crippen LogP contribution in [0.4, 0.5) is 0 Å². The smallest absolute Gasteiger partial charge is 0.0545 e. The SMILES string of the molecule is C#CCSCCNC(C)CCC. The minimum absolute atomic E-state index is 0.654. The van der Waals surface area contributed by atoms with Crippen molar-refractivity contribution in [2.45, 2.75) is 32.7 Å². The third-order valence-corrected chi connectivity index (χ3v) is 2.51. The summed E-state index contributed by atoms with van der Waals surface area (Å²) in [6.07, 6.45) is 7.65. The van der Waals surface area contributed by atoms with Gasteiger partial charge >= 0.3 is 0 Å². The van der Waals surface area contributed by atoms with Gasteiger partial charge in [0.25, 0.3) is 0 Å². The molecule has 70 valence electrons. The monoisotopic (exact) mass is 185 g/mol. The molecule has 0 aliphatic carbocycles. The average molecular weight is 185 g/mol. The van der Waals surface area contributed by atoms with E-state index < -0.39 is 0 Å². The largest absolute Gasteiger partial charge is 0.313 e. The molecule has 1 N–H and O–H groups in total. The molecule has 0 saturated heterocycles. The Bertz CT molecular complexity index is 128. The van der Waals surface area contributed by atoms with Gasteiger partial charge in [0.2, 0.25) is 0 Å². The summed E-state index contributed by atoms with van der Waals surface area (Å²) in [4.78, 5) is 0. The normalized spacial score (nSPS) is 12.4. The van der Waals surface area contributed by atoms with Gasteiger partial charge in [0.05, 0.1) is 5.75 Å². The van der Waals surface area contributed by atoms with Gasteiger partial charge in [-0.05, 0) is 13.3 Å². The number of nitrogens with one attached hydrogen (secondary N) is 1. The van der Waals surface area contributed by atoms with Crippen LogP contribution in [0.5, 0.6) is 0 Å². The second-order valence-electron chi connectivity index (χ2n) is 2.90. The molecule has 1 unspecified atom stereocenters. The van der Waals surface area contributed by atoms with Crippen molar-refractivity contribution >= 4 is 11.8 Å². The lowest BCUT2D eigenvalue weighted by Gasteiger charge is -2.11. The fourth-order valence-corrected chi connectivity index (χ4v) is 1.57. The first-order valence-corrected chi connectivity index (χ1v) is 5.71. The van der Waals surface area contributed by atoms with Gasteiger partial charge in [0.1, 0.15) is 0 Å². The maximum absolute atomic E-state index is 5.13. The standard InChI is InChI=1S/C10H19NS/c1-4-6-10(3)11-7-9-12-8-5-2/h2,10-11H,4,6-9H2,1,3H3. The number of terminal acetylenes is 1. The van der Waals surface area contributed by atoms with E-state index in [9.17, 15) is 0 Å². The van der Waals surface area contributed by atoms with E-state index in [4.69, 9.17) is 6.42 Å². The van der Waals surface area contributed by atoms with Gasteiger partial charge in [-0.1, -0.05) is 19.3 Å². The van der Waals surface area contributed by atoms with Crippen LogP contribution in [0.25, 0.3) is 0 Å². The van der Waals surface area contributed by atoms with E-state index in [-0.39, 0.29) is 0 Å². The highest BCUT2D eigenvalue weighted by molar-refractivity contribution is 7.99. The Morgan fingerprint density at radius 2 is 2.33 bits per heavy atom. The van der Waals surface area contributed by atoms with E-state index in [1.54, 1.807) is 0 Å². The summed E-state index contributed by atoms with van der Waals surface area (Å²) in [5, 5.41) is 3.45. The molecule has 0 amide bonds. The van der Waals surface area contributed by atoms with Crippen LogP contribution in [0.15, 0.2) is 0 Å². The first-order valence-electron chi connectivity index (χ1n) is 4.55. The molecule has 0 aromatic heterocycles. The summed E-state index contributed by atoms with van der Waals surface area (Å²) >= 11 is 1.81. The zero-order chi connectivity index (χ0) is 9.23. The van der Waals surface area contributed by atoms with Gasteiger partial charge in [-0.2, -0.15) is 0 Å². The van der Waals surface area contributed by atoms with E-state index in [0.717, 1.165) is 18.1 Å². The molecular weight excluding hydrogens is 166 g/mol. The Kier molecular flexibility index (Phi) is 8.86. The Morgan fingerprint density at radius 3 is 2.92 bits per heavy atom. The van der Waals surface area contributed by atoms with Crippen molar-refractivity contribution in [3.05, 3.63) is 0 Å². The van der Waals surface area contributed by atoms with Crippen LogP contribution < -0.4 is 5.32 Å². The lowest BCUT2D eigenvalue weighted by atomic mass is 10.2. The van der Waals surface area contributed by atoms with Crippen LogP contribution in [-0.4, -0.2) is 24.1 Å². The molecule has 0 aromatic carbocycles. The van der Waals surface area contributed by atoms with Crippen molar-refractivity contribution in [3.63, 3.8) is 0 Å². The molecule has 0 heterocycles. The summed E-state index contributed by atoms with van der Waals surface area (Å²) in [5.41, 5.74) is 0. The van der Waals surface area contributed by atoms with Crippen LogP contribution in [0.3, 0.4) is 0 Å². The van der Waals surface area contributed by atoms with Crippen LogP contribution in [-0.2, 0) is 0 Å². The van der Waals surface area contributed by atoms with Gasteiger partial charge in [-0.3, -0.25) is 0 Å². The molecule has 0 fully saturated rings. The predicted octanol–water partition coefficient (Wildman–Crippen LogP) is 2.13. The molecule has 0 saturated carbocycles. The molecule has 0 rings (SSSR count). The number of hydrogen-bond acceptors (Lipinski definition) is 2. The van der Waals surface area contributed by atoms with Crippen molar-refractivity contribution < 1.29 is 0 Å². The highest BCUT2D eigenvalue weighted by Gasteiger charge is 1.97. The van der Waals surface area contributed by atoms with Crippen LogP contribution in [0.1, 0.15) is 26.7 Å². The quantitative estimate of drug-likeness (QED) is 0.482. The highest BCUT2D eigenvalue weighted by atomic mass is 32.2. The van der Waals surface area contributed by atoms with E-state index in [1.807, 2.05) is 11.8 Å². The van der Waals surface area contributed by atoms with Crippen LogP contribution in [0, 0.1) is 12.3 Å². The zero-order valence-corrected chi connectivity index (χ0v) is 8.91. The lowest BCUT2D eigenvalue weighted by Crippen LogP contribution is -2.27. The molecule has 0 spiro atoms. The van der Waals surface area contributed by atoms with Gasteiger partial charge in [-0.15, -0.1) is 18.2 Å². The van der Waals surface area contributed by atoms with Crippen LogP contribution in [0.2, 0.25) is 0 Å². The number of hydrogen-bond donors (Lipinski definition) is 1. The lowest BCUT2D eigenvalue weighted by molar-refractivity contribution is 0.526. The molecular formula is C10H19NS. The second kappa shape index (κ2) is 8.96. The Labute approximate surface area is 80.7 Å². The molecule has 12 heavy (non-hydrogen) atoms. The average Bonchev–Trinajstić information content (AvgIpc) is 2.05. The maximum atomic E-state index is 5.13. The van der Waals surface area contributed by atoms with Crippen molar-refractivity contribution in [1.29, 1.82) is 0 Å². The van der Waals surface area contributed by atoms with E-state index in [2.05, 4.69) is 25.1 Å². The molecule has 0 aliphatic heterocycles. The molecule has 0 radical (unpaired) electrons. The van der Waals surface area contributed by atoms with Gasteiger partial charge in [0.15, 0.2) is 0 Å². The highest BCUT2D eigenvalue weighted by Crippen LogP contribution is 1.98. The Hall–Kier alpha value is -0.130. The van der Waals surface area contributed by atoms with E-state index in [0.29, 0.717) is 6.04 Å². The Morgan fingerprint density at radius 1 is 1.58 bits per heavy atom. The molecule has 0 aromatic rings. The van der Waals surface area contributed by atoms with Gasteiger partial charge in [0, 0.05) is 18.3 Å². The summed E-state index contributed by atoms with van der Waals surface area (Å²) < 4.78 is 0. The zero-order valence-electron chi connectivity index (χ0n) is 8.10. The van der Waals surface area contributed by atoms with Crippen molar-refractivity contribution in [1.82, 2.24) is 5.32 Å². The molecule has 1 atom stereocenters. The molecule has 0 aliphatic rings. The predicted molar refractivity (Wildman–Crippen MR) is 58.5 cm³/mol. The van der Waals surface area contributed by atoms with E-state index in [1.165, 1.54) is 12.8 Å². The molecule has 0 bridgehead atoms. The first kappa shape index (κ1) is 11.9. The van der Waals surface area contributed by atoms with Crippen molar-refractivity contribution in [2.75, 3.05) is 18.1 Å². The number of thioether (sulfide) groups is 1. The minimum Gasteiger partial charge on any atom is -0.313 e. The Balaban J connectivity index is 3.04. The van der Waals surface area contributed by atoms with Crippen LogP contribution >= 0.6 is 11.8 Å². The van der Waals surface area contributed by atoms with Gasteiger partial charge in [-0.25, -0.2) is 0 Å². The first-order chi connectivity index (χ1) is 5.81. The van der Waals surface area contributed by atoms with E-state index >= 15 is 0 Å². The van der Waals surface area contributed by atoms with Gasteiger partial charge < -0.3 is 5.32 Å². The number of rotatable bonds is 7. The topological polar surface area (TPSA) is 12.0 Å². The third kappa shape index (κ3) is 7.97. The fraction of sp³-hybridized carbons (Fsp3) is 0.800. The second-order valence-corrected chi connectivity index (χ2v) is 4.01. The summed E-state index contributed by atoms with van der Waals surface area (Å²) in [7, 11) is 0. The fourth-order valence-electron chi connectivity index (χ4n) is 1.04. The van der Waals surface area contributed by atoms with Crippen molar-refractivity contribution in [2.24, 2.45) is 0 Å². The maximum Gasteiger partial charge on any atom is 0.0545 e. The summed E-state index contributed by atoms with van der Waals surface area (Å²) in [6, 6.07) is 0.654. The van der Waals surface area contributed by atoms with Crippen molar-refractivity contribution in [3.8, 4) is 12.3 Å².